The van der Waals surface area contributed by atoms with E-state index >= 15 is 0 Å². The minimum Gasteiger partial charge on any atom is -0.493 e. The zero-order valence-electron chi connectivity index (χ0n) is 18.3. The van der Waals surface area contributed by atoms with Gasteiger partial charge in [0.2, 0.25) is 5.75 Å². The van der Waals surface area contributed by atoms with Crippen LogP contribution in [0.15, 0.2) is 12.1 Å². The standard InChI is InChI=1S/C22H33NO6/c1-14-8-7-9-15(2)23(14)22(25)16(3)29-20(24)11-10-17-12-18(26-4)21(28-6)19(13-17)27-5/h12-16H,7-11H2,1-6H3/t14-,15+,16-/m1/s1. The molecule has 0 aromatic heterocycles. The molecule has 7 nitrogen and oxygen atoms in total. The molecule has 1 aromatic carbocycles. The Balaban J connectivity index is 1.96. The zero-order valence-corrected chi connectivity index (χ0v) is 18.3. The Morgan fingerprint density at radius 1 is 1.03 bits per heavy atom. The summed E-state index contributed by atoms with van der Waals surface area (Å²) in [6.45, 7) is 5.74. The van der Waals surface area contributed by atoms with Crippen LogP contribution in [0, 0.1) is 0 Å². The van der Waals surface area contributed by atoms with E-state index in [1.54, 1.807) is 40.4 Å². The molecule has 1 fully saturated rings. The number of benzene rings is 1. The van der Waals surface area contributed by atoms with Gasteiger partial charge in [-0.15, -0.1) is 0 Å². The summed E-state index contributed by atoms with van der Waals surface area (Å²) in [4.78, 5) is 27.0. The average Bonchev–Trinajstić information content (AvgIpc) is 2.70. The van der Waals surface area contributed by atoms with E-state index in [-0.39, 0.29) is 24.4 Å². The third-order valence-corrected chi connectivity index (χ3v) is 5.45. The molecule has 1 aliphatic rings. The second-order valence-electron chi connectivity index (χ2n) is 7.54. The molecule has 0 saturated carbocycles. The normalized spacial score (nSPS) is 20.0. The van der Waals surface area contributed by atoms with Gasteiger partial charge in [-0.2, -0.15) is 0 Å². The first kappa shape index (κ1) is 22.8. The van der Waals surface area contributed by atoms with Gasteiger partial charge in [-0.3, -0.25) is 9.59 Å². The summed E-state index contributed by atoms with van der Waals surface area (Å²) in [5, 5.41) is 0. The van der Waals surface area contributed by atoms with Crippen LogP contribution in [0.2, 0.25) is 0 Å². The molecule has 29 heavy (non-hydrogen) atoms. The van der Waals surface area contributed by atoms with Crippen LogP contribution in [0.5, 0.6) is 17.2 Å². The number of hydrogen-bond acceptors (Lipinski definition) is 6. The average molecular weight is 408 g/mol. The number of carbonyl (C=O) groups is 2. The van der Waals surface area contributed by atoms with Crippen molar-refractivity contribution in [3.8, 4) is 17.2 Å². The highest BCUT2D eigenvalue weighted by Crippen LogP contribution is 2.38. The molecule has 0 unspecified atom stereocenters. The van der Waals surface area contributed by atoms with Gasteiger partial charge in [0.05, 0.1) is 21.3 Å². The van der Waals surface area contributed by atoms with Crippen LogP contribution in [0.3, 0.4) is 0 Å². The maximum atomic E-state index is 12.8. The number of carbonyl (C=O) groups excluding carboxylic acids is 2. The molecule has 0 N–H and O–H groups in total. The number of esters is 1. The first-order valence-electron chi connectivity index (χ1n) is 10.1. The third kappa shape index (κ3) is 5.55. The van der Waals surface area contributed by atoms with E-state index < -0.39 is 12.1 Å². The second kappa shape index (κ2) is 10.4. The van der Waals surface area contributed by atoms with Crippen LogP contribution in [-0.4, -0.2) is 56.3 Å². The molecule has 2 rings (SSSR count). The van der Waals surface area contributed by atoms with Crippen molar-refractivity contribution in [2.75, 3.05) is 21.3 Å². The highest BCUT2D eigenvalue weighted by molar-refractivity contribution is 5.84. The molecule has 1 aliphatic heterocycles. The lowest BCUT2D eigenvalue weighted by atomic mass is 9.97. The van der Waals surface area contributed by atoms with Gasteiger partial charge in [0.25, 0.3) is 5.91 Å². The van der Waals surface area contributed by atoms with Gasteiger partial charge >= 0.3 is 5.97 Å². The number of rotatable bonds is 8. The molecule has 3 atom stereocenters. The lowest BCUT2D eigenvalue weighted by molar-refractivity contribution is -0.162. The minimum absolute atomic E-state index is 0.120. The van der Waals surface area contributed by atoms with E-state index in [1.165, 1.54) is 0 Å². The van der Waals surface area contributed by atoms with E-state index in [0.29, 0.717) is 23.7 Å². The molecule has 0 radical (unpaired) electrons. The molecular weight excluding hydrogens is 374 g/mol. The summed E-state index contributed by atoms with van der Waals surface area (Å²) in [5.41, 5.74) is 0.855. The van der Waals surface area contributed by atoms with Gasteiger partial charge in [-0.05, 0) is 64.2 Å². The Labute approximate surface area is 173 Å². The molecular formula is C22H33NO6. The molecule has 1 aromatic rings. The Bertz CT molecular complexity index is 684. The minimum atomic E-state index is -0.787. The van der Waals surface area contributed by atoms with Crippen molar-refractivity contribution in [3.05, 3.63) is 17.7 Å². The summed E-state index contributed by atoms with van der Waals surface area (Å²) < 4.78 is 21.4. The van der Waals surface area contributed by atoms with E-state index in [0.717, 1.165) is 24.8 Å². The Kier molecular flexibility index (Phi) is 8.17. The molecule has 0 bridgehead atoms. The molecule has 1 heterocycles. The second-order valence-corrected chi connectivity index (χ2v) is 7.54. The molecule has 0 spiro atoms. The number of piperidine rings is 1. The summed E-state index contributed by atoms with van der Waals surface area (Å²) in [6.07, 6.45) is 2.89. The maximum Gasteiger partial charge on any atom is 0.306 e. The van der Waals surface area contributed by atoms with Gasteiger partial charge in [0, 0.05) is 18.5 Å². The van der Waals surface area contributed by atoms with Gasteiger partial charge in [0.15, 0.2) is 17.6 Å². The molecule has 1 amide bonds. The van der Waals surface area contributed by atoms with Gasteiger partial charge in [-0.1, -0.05) is 0 Å². The highest BCUT2D eigenvalue weighted by atomic mass is 16.5. The van der Waals surface area contributed by atoms with Crippen molar-refractivity contribution in [3.63, 3.8) is 0 Å². The lowest BCUT2D eigenvalue weighted by Crippen LogP contribution is -2.51. The molecule has 7 heteroatoms. The first-order chi connectivity index (χ1) is 13.8. The van der Waals surface area contributed by atoms with Crippen LogP contribution < -0.4 is 14.2 Å². The number of likely N-dealkylation sites (tertiary alicyclic amines) is 1. The zero-order chi connectivity index (χ0) is 21.6. The fourth-order valence-corrected chi connectivity index (χ4v) is 3.90. The topological polar surface area (TPSA) is 74.3 Å². The van der Waals surface area contributed by atoms with Crippen molar-refractivity contribution < 1.29 is 28.5 Å². The summed E-state index contributed by atoms with van der Waals surface area (Å²) in [5.74, 6) is 1.05. The van der Waals surface area contributed by atoms with Crippen LogP contribution >= 0.6 is 0 Å². The predicted molar refractivity (Wildman–Crippen MR) is 110 cm³/mol. The van der Waals surface area contributed by atoms with Crippen LogP contribution in [0.4, 0.5) is 0 Å². The monoisotopic (exact) mass is 407 g/mol. The number of ether oxygens (including phenoxy) is 4. The van der Waals surface area contributed by atoms with Crippen molar-refractivity contribution in [2.45, 2.75) is 71.1 Å². The number of nitrogens with zero attached hydrogens (tertiary/aromatic N) is 1. The third-order valence-electron chi connectivity index (χ3n) is 5.45. The van der Waals surface area contributed by atoms with Crippen LogP contribution in [0.1, 0.15) is 52.0 Å². The molecule has 1 saturated heterocycles. The quantitative estimate of drug-likeness (QED) is 0.615. The van der Waals surface area contributed by atoms with Crippen molar-refractivity contribution in [1.82, 2.24) is 4.90 Å². The van der Waals surface area contributed by atoms with E-state index in [4.69, 9.17) is 18.9 Å². The Morgan fingerprint density at radius 2 is 1.59 bits per heavy atom. The van der Waals surface area contributed by atoms with Crippen molar-refractivity contribution >= 4 is 11.9 Å². The lowest BCUT2D eigenvalue weighted by Gasteiger charge is -2.40. The van der Waals surface area contributed by atoms with E-state index in [1.807, 2.05) is 18.7 Å². The fourth-order valence-electron chi connectivity index (χ4n) is 3.90. The number of amides is 1. The number of hydrogen-bond donors (Lipinski definition) is 0. The molecule has 162 valence electrons. The van der Waals surface area contributed by atoms with Crippen molar-refractivity contribution in [1.29, 1.82) is 0 Å². The van der Waals surface area contributed by atoms with Gasteiger partial charge in [-0.25, -0.2) is 0 Å². The number of methoxy groups -OCH3 is 3. The summed E-state index contributed by atoms with van der Waals surface area (Å²) in [7, 11) is 4.64. The number of aryl methyl sites for hydroxylation is 1. The van der Waals surface area contributed by atoms with Crippen LogP contribution in [0.25, 0.3) is 0 Å². The maximum absolute atomic E-state index is 12.8. The van der Waals surface area contributed by atoms with Crippen molar-refractivity contribution in [2.24, 2.45) is 0 Å². The van der Waals surface area contributed by atoms with Crippen LogP contribution in [-0.2, 0) is 20.7 Å². The summed E-state index contributed by atoms with van der Waals surface area (Å²) >= 11 is 0. The largest absolute Gasteiger partial charge is 0.493 e. The highest BCUT2D eigenvalue weighted by Gasteiger charge is 2.33. The van der Waals surface area contributed by atoms with E-state index in [9.17, 15) is 9.59 Å². The van der Waals surface area contributed by atoms with Gasteiger partial charge < -0.3 is 23.8 Å². The predicted octanol–water partition coefficient (Wildman–Crippen LogP) is 3.37. The summed E-state index contributed by atoms with van der Waals surface area (Å²) in [6, 6.07) is 3.96. The van der Waals surface area contributed by atoms with Gasteiger partial charge in [0.1, 0.15) is 0 Å². The molecule has 0 aliphatic carbocycles. The Hall–Kier alpha value is -2.44. The fraction of sp³-hybridized carbons (Fsp3) is 0.636. The van der Waals surface area contributed by atoms with E-state index in [2.05, 4.69) is 0 Å². The first-order valence-corrected chi connectivity index (χ1v) is 10.1. The SMILES string of the molecule is COc1cc(CCC(=O)O[C@H](C)C(=O)N2[C@H](C)CCC[C@@H]2C)cc(OC)c1OC. The Morgan fingerprint density at radius 3 is 2.07 bits per heavy atom. The smallest absolute Gasteiger partial charge is 0.306 e.